The van der Waals surface area contributed by atoms with Gasteiger partial charge in [0, 0.05) is 26.1 Å². The number of pyridine rings is 1. The van der Waals surface area contributed by atoms with Gasteiger partial charge in [0.2, 0.25) is 21.8 Å². The number of nitrogens with one attached hydrogen (secondary N) is 1. The van der Waals surface area contributed by atoms with Gasteiger partial charge in [-0.15, -0.1) is 0 Å². The van der Waals surface area contributed by atoms with E-state index in [2.05, 4.69) is 15.0 Å². The molecule has 1 aromatic carbocycles. The number of amides is 1. The quantitative estimate of drug-likeness (QED) is 0.594. The van der Waals surface area contributed by atoms with Crippen molar-refractivity contribution < 1.29 is 35.5 Å². The Morgan fingerprint density at radius 1 is 1.17 bits per heavy atom. The molecule has 30 heavy (non-hydrogen) atoms. The van der Waals surface area contributed by atoms with E-state index in [0.717, 1.165) is 34.8 Å². The minimum absolute atomic E-state index is 0.00436. The molecule has 0 saturated heterocycles. The number of benzene rings is 1. The summed E-state index contributed by atoms with van der Waals surface area (Å²) >= 11 is 0. The van der Waals surface area contributed by atoms with Crippen LogP contribution in [-0.4, -0.2) is 50.0 Å². The maximum atomic E-state index is 12.9. The molecule has 0 aliphatic rings. The standard InChI is InChI=1S/C18H19F4N3O4S/c1-25(30(27,28)15-7-4-13(19)5-8-15)10-2-3-16(26)24-14-6-9-17(23-11-14)29-12-18(20,21)22/h4-9,11H,2-3,10,12H2,1H3,(H,24,26). The number of hydrogen-bond acceptors (Lipinski definition) is 5. The topological polar surface area (TPSA) is 88.6 Å². The number of ether oxygens (including phenoxy) is 1. The van der Waals surface area contributed by atoms with E-state index in [0.29, 0.717) is 0 Å². The Balaban J connectivity index is 1.79. The van der Waals surface area contributed by atoms with Crippen LogP contribution in [0.2, 0.25) is 0 Å². The van der Waals surface area contributed by atoms with Crippen LogP contribution < -0.4 is 10.1 Å². The highest BCUT2D eigenvalue weighted by atomic mass is 32.2. The zero-order chi connectivity index (χ0) is 22.4. The van der Waals surface area contributed by atoms with Crippen LogP contribution in [0.1, 0.15) is 12.8 Å². The van der Waals surface area contributed by atoms with Crippen molar-refractivity contribution in [2.24, 2.45) is 0 Å². The second-order valence-corrected chi connectivity index (χ2v) is 8.27. The number of aromatic nitrogens is 1. The van der Waals surface area contributed by atoms with Crippen LogP contribution in [0.4, 0.5) is 23.2 Å². The molecule has 0 spiro atoms. The first-order chi connectivity index (χ1) is 14.0. The maximum absolute atomic E-state index is 12.9. The van der Waals surface area contributed by atoms with Gasteiger partial charge in [-0.2, -0.15) is 13.2 Å². The zero-order valence-corrected chi connectivity index (χ0v) is 16.6. The van der Waals surface area contributed by atoms with Crippen LogP contribution in [0, 0.1) is 5.82 Å². The first kappa shape index (κ1) is 23.5. The van der Waals surface area contributed by atoms with Gasteiger partial charge >= 0.3 is 6.18 Å². The molecule has 1 amide bonds. The van der Waals surface area contributed by atoms with Crippen molar-refractivity contribution >= 4 is 21.6 Å². The molecule has 0 unspecified atom stereocenters. The third kappa shape index (κ3) is 7.26. The molecular formula is C18H19F4N3O4S. The summed E-state index contributed by atoms with van der Waals surface area (Å²) in [4.78, 5) is 15.6. The fraction of sp³-hybridized carbons (Fsp3) is 0.333. The number of sulfonamides is 1. The molecule has 0 bridgehead atoms. The van der Waals surface area contributed by atoms with Gasteiger partial charge in [0.25, 0.3) is 0 Å². The van der Waals surface area contributed by atoms with Crippen molar-refractivity contribution in [3.05, 3.63) is 48.4 Å². The predicted molar refractivity (Wildman–Crippen MR) is 99.9 cm³/mol. The van der Waals surface area contributed by atoms with Crippen molar-refractivity contribution in [2.75, 3.05) is 25.5 Å². The van der Waals surface area contributed by atoms with Crippen LogP contribution in [0.25, 0.3) is 0 Å². The third-order valence-corrected chi connectivity index (χ3v) is 5.67. The van der Waals surface area contributed by atoms with Gasteiger partial charge in [0.05, 0.1) is 16.8 Å². The smallest absolute Gasteiger partial charge is 0.422 e. The first-order valence-corrected chi connectivity index (χ1v) is 10.1. The van der Waals surface area contributed by atoms with E-state index in [4.69, 9.17) is 0 Å². The van der Waals surface area contributed by atoms with E-state index < -0.39 is 34.5 Å². The number of hydrogen-bond donors (Lipinski definition) is 1. The summed E-state index contributed by atoms with van der Waals surface area (Å²) in [7, 11) is -2.45. The van der Waals surface area contributed by atoms with E-state index in [1.165, 1.54) is 19.2 Å². The average Bonchev–Trinajstić information content (AvgIpc) is 2.67. The van der Waals surface area contributed by atoms with Gasteiger partial charge in [-0.05, 0) is 36.8 Å². The molecule has 12 heteroatoms. The molecule has 1 heterocycles. The number of carbonyl (C=O) groups is 1. The molecular weight excluding hydrogens is 430 g/mol. The first-order valence-electron chi connectivity index (χ1n) is 8.65. The Labute approximate surface area is 170 Å². The predicted octanol–water partition coefficient (Wildman–Crippen LogP) is 3.20. The van der Waals surface area contributed by atoms with Crippen LogP contribution in [0.3, 0.4) is 0 Å². The monoisotopic (exact) mass is 449 g/mol. The average molecular weight is 449 g/mol. The Hall–Kier alpha value is -2.73. The fourth-order valence-corrected chi connectivity index (χ4v) is 3.50. The number of carbonyl (C=O) groups excluding carboxylic acids is 1. The third-order valence-electron chi connectivity index (χ3n) is 3.80. The van der Waals surface area contributed by atoms with E-state index in [9.17, 15) is 30.8 Å². The lowest BCUT2D eigenvalue weighted by Crippen LogP contribution is -2.28. The highest BCUT2D eigenvalue weighted by Crippen LogP contribution is 2.18. The molecule has 2 aromatic rings. The normalized spacial score (nSPS) is 12.1. The van der Waals surface area contributed by atoms with E-state index in [1.54, 1.807) is 0 Å². The number of halogens is 4. The second kappa shape index (κ2) is 9.85. The van der Waals surface area contributed by atoms with E-state index in [1.807, 2.05) is 0 Å². The SMILES string of the molecule is CN(CCCC(=O)Nc1ccc(OCC(F)(F)F)nc1)S(=O)(=O)c1ccc(F)cc1. The number of alkyl halides is 3. The van der Waals surface area contributed by atoms with Gasteiger partial charge < -0.3 is 10.1 Å². The largest absolute Gasteiger partial charge is 0.468 e. The molecule has 1 aromatic heterocycles. The number of rotatable bonds is 9. The van der Waals surface area contributed by atoms with Gasteiger partial charge in [-0.1, -0.05) is 0 Å². The molecule has 1 N–H and O–H groups in total. The summed E-state index contributed by atoms with van der Waals surface area (Å²) in [6.45, 7) is -1.42. The van der Waals surface area contributed by atoms with Gasteiger partial charge in [-0.3, -0.25) is 4.79 Å². The lowest BCUT2D eigenvalue weighted by atomic mass is 10.3. The molecule has 0 atom stereocenters. The summed E-state index contributed by atoms with van der Waals surface area (Å²) in [6.07, 6.45) is -3.13. The second-order valence-electron chi connectivity index (χ2n) is 6.22. The molecule has 0 radical (unpaired) electrons. The van der Waals surface area contributed by atoms with Crippen LogP contribution in [-0.2, 0) is 14.8 Å². The summed E-state index contributed by atoms with van der Waals surface area (Å²) in [6, 6.07) is 6.92. The minimum Gasteiger partial charge on any atom is -0.468 e. The fourth-order valence-electron chi connectivity index (χ4n) is 2.29. The Morgan fingerprint density at radius 2 is 1.83 bits per heavy atom. The Bertz CT molecular complexity index is 949. The van der Waals surface area contributed by atoms with Gasteiger partial charge in [-0.25, -0.2) is 22.1 Å². The number of anilines is 1. The van der Waals surface area contributed by atoms with Crippen molar-refractivity contribution in [1.82, 2.24) is 9.29 Å². The van der Waals surface area contributed by atoms with Crippen molar-refractivity contribution in [2.45, 2.75) is 23.9 Å². The Kier molecular flexibility index (Phi) is 7.73. The maximum Gasteiger partial charge on any atom is 0.422 e. The van der Waals surface area contributed by atoms with Crippen LogP contribution >= 0.6 is 0 Å². The summed E-state index contributed by atoms with van der Waals surface area (Å²) in [5, 5.41) is 2.50. The molecule has 2 rings (SSSR count). The van der Waals surface area contributed by atoms with E-state index >= 15 is 0 Å². The van der Waals surface area contributed by atoms with Crippen LogP contribution in [0.15, 0.2) is 47.5 Å². The molecule has 0 aliphatic carbocycles. The lowest BCUT2D eigenvalue weighted by Gasteiger charge is -2.17. The molecule has 164 valence electrons. The summed E-state index contributed by atoms with van der Waals surface area (Å²) < 4.78 is 79.5. The highest BCUT2D eigenvalue weighted by Gasteiger charge is 2.28. The summed E-state index contributed by atoms with van der Waals surface area (Å²) in [5.41, 5.74) is 0.256. The lowest BCUT2D eigenvalue weighted by molar-refractivity contribution is -0.154. The van der Waals surface area contributed by atoms with Crippen molar-refractivity contribution in [3.8, 4) is 5.88 Å². The Morgan fingerprint density at radius 3 is 2.40 bits per heavy atom. The zero-order valence-electron chi connectivity index (χ0n) is 15.8. The van der Waals surface area contributed by atoms with E-state index in [-0.39, 0.29) is 35.8 Å². The van der Waals surface area contributed by atoms with Crippen molar-refractivity contribution in [3.63, 3.8) is 0 Å². The highest BCUT2D eigenvalue weighted by molar-refractivity contribution is 7.89. The van der Waals surface area contributed by atoms with Gasteiger partial charge in [0.1, 0.15) is 5.82 Å². The molecule has 0 fully saturated rings. The van der Waals surface area contributed by atoms with Crippen molar-refractivity contribution in [1.29, 1.82) is 0 Å². The molecule has 0 saturated carbocycles. The molecule has 0 aliphatic heterocycles. The van der Waals surface area contributed by atoms with Crippen LogP contribution in [0.5, 0.6) is 5.88 Å². The number of nitrogens with zero attached hydrogens (tertiary/aromatic N) is 2. The van der Waals surface area contributed by atoms with Gasteiger partial charge in [0.15, 0.2) is 6.61 Å². The summed E-state index contributed by atoms with van der Waals surface area (Å²) in [5.74, 6) is -1.21. The molecule has 7 nitrogen and oxygen atoms in total. The minimum atomic E-state index is -4.48.